The molecule has 0 aromatic heterocycles. The maximum absolute atomic E-state index is 13.6. The Bertz CT molecular complexity index is 1290. The van der Waals surface area contributed by atoms with E-state index in [1.807, 2.05) is 0 Å². The first-order chi connectivity index (χ1) is 15.2. The van der Waals surface area contributed by atoms with Crippen molar-refractivity contribution >= 4 is 69.5 Å². The Kier molecular flexibility index (Phi) is 6.19. The van der Waals surface area contributed by atoms with Gasteiger partial charge in [0, 0.05) is 11.3 Å². The molecule has 1 unspecified atom stereocenters. The van der Waals surface area contributed by atoms with E-state index >= 15 is 0 Å². The fraction of sp³-hybridized carbons (Fsp3) is 0.0435. The van der Waals surface area contributed by atoms with Crippen LogP contribution in [-0.2, 0) is 9.59 Å². The van der Waals surface area contributed by atoms with Crippen molar-refractivity contribution in [1.29, 1.82) is 0 Å². The SMILES string of the molecule is O=C1C(=O)N(c2ccc(Cl)c(Cl)c2)C(c2ccc(F)cc2)/C1=C(\O)c1ccc(Cl)c(Cl)c1. The average molecular weight is 511 g/mol. The highest BCUT2D eigenvalue weighted by Crippen LogP contribution is 2.43. The molecule has 162 valence electrons. The number of aliphatic hydroxyl groups excluding tert-OH is 1. The Morgan fingerprint density at radius 1 is 0.812 bits per heavy atom. The van der Waals surface area contributed by atoms with Crippen LogP contribution in [-0.4, -0.2) is 16.8 Å². The smallest absolute Gasteiger partial charge is 0.300 e. The Morgan fingerprint density at radius 2 is 1.41 bits per heavy atom. The number of benzene rings is 3. The van der Waals surface area contributed by atoms with E-state index in [2.05, 4.69) is 0 Å². The molecule has 1 saturated heterocycles. The van der Waals surface area contributed by atoms with E-state index in [0.717, 1.165) is 0 Å². The van der Waals surface area contributed by atoms with Crippen LogP contribution in [0.4, 0.5) is 10.1 Å². The van der Waals surface area contributed by atoms with Crippen molar-refractivity contribution in [2.24, 2.45) is 0 Å². The predicted molar refractivity (Wildman–Crippen MR) is 124 cm³/mol. The Balaban J connectivity index is 1.96. The van der Waals surface area contributed by atoms with Crippen molar-refractivity contribution in [3.05, 3.63) is 103 Å². The van der Waals surface area contributed by atoms with Gasteiger partial charge in [-0.05, 0) is 54.1 Å². The summed E-state index contributed by atoms with van der Waals surface area (Å²) in [5, 5.41) is 11.9. The van der Waals surface area contributed by atoms with Crippen LogP contribution in [0, 0.1) is 5.82 Å². The lowest BCUT2D eigenvalue weighted by molar-refractivity contribution is -0.132. The minimum Gasteiger partial charge on any atom is -0.507 e. The summed E-state index contributed by atoms with van der Waals surface area (Å²) < 4.78 is 13.6. The minimum absolute atomic E-state index is 0.160. The zero-order valence-corrected chi connectivity index (χ0v) is 19.0. The standard InChI is InChI=1S/C23H12Cl4FNO3/c24-15-7-3-12(9-17(15)26)21(30)19-20(11-1-4-13(28)5-2-11)29(23(32)22(19)31)14-6-8-16(25)18(27)10-14/h1-10,20,30H/b21-19+. The van der Waals surface area contributed by atoms with Gasteiger partial charge in [-0.1, -0.05) is 58.5 Å². The maximum Gasteiger partial charge on any atom is 0.300 e. The molecule has 1 aliphatic rings. The van der Waals surface area contributed by atoms with E-state index in [0.29, 0.717) is 5.56 Å². The maximum atomic E-state index is 13.6. The molecular weight excluding hydrogens is 499 g/mol. The first kappa shape index (κ1) is 22.6. The van der Waals surface area contributed by atoms with Gasteiger partial charge in [-0.25, -0.2) is 4.39 Å². The summed E-state index contributed by atoms with van der Waals surface area (Å²) in [4.78, 5) is 27.3. The molecule has 1 amide bonds. The van der Waals surface area contributed by atoms with Crippen LogP contribution in [0.3, 0.4) is 0 Å². The highest BCUT2D eigenvalue weighted by atomic mass is 35.5. The number of rotatable bonds is 3. The molecule has 4 nitrogen and oxygen atoms in total. The van der Waals surface area contributed by atoms with Crippen molar-refractivity contribution in [1.82, 2.24) is 0 Å². The number of aliphatic hydroxyl groups is 1. The van der Waals surface area contributed by atoms with Gasteiger partial charge < -0.3 is 5.11 Å². The van der Waals surface area contributed by atoms with Gasteiger partial charge in [0.1, 0.15) is 11.6 Å². The van der Waals surface area contributed by atoms with Gasteiger partial charge in [-0.15, -0.1) is 0 Å². The zero-order valence-electron chi connectivity index (χ0n) is 16.0. The fourth-order valence-corrected chi connectivity index (χ4v) is 4.08. The number of halogens is 5. The molecule has 0 spiro atoms. The molecule has 1 atom stereocenters. The van der Waals surface area contributed by atoms with Gasteiger partial charge in [0.15, 0.2) is 0 Å². The molecule has 1 aliphatic heterocycles. The zero-order chi connectivity index (χ0) is 23.2. The number of nitrogens with zero attached hydrogens (tertiary/aromatic N) is 1. The molecule has 3 aromatic rings. The Labute approximate surface area is 202 Å². The normalized spacial score (nSPS) is 17.8. The molecule has 9 heteroatoms. The van der Waals surface area contributed by atoms with E-state index in [1.165, 1.54) is 65.6 Å². The largest absolute Gasteiger partial charge is 0.507 e. The van der Waals surface area contributed by atoms with Crippen LogP contribution in [0.25, 0.3) is 5.76 Å². The van der Waals surface area contributed by atoms with Crippen molar-refractivity contribution in [2.75, 3.05) is 4.90 Å². The third kappa shape index (κ3) is 3.97. The second kappa shape index (κ2) is 8.75. The van der Waals surface area contributed by atoms with Gasteiger partial charge in [0.05, 0.1) is 31.7 Å². The third-order valence-corrected chi connectivity index (χ3v) is 6.48. The molecule has 0 aliphatic carbocycles. The van der Waals surface area contributed by atoms with Crippen molar-refractivity contribution < 1.29 is 19.1 Å². The van der Waals surface area contributed by atoms with Crippen LogP contribution in [0.15, 0.2) is 66.2 Å². The number of anilines is 1. The van der Waals surface area contributed by atoms with Gasteiger partial charge >= 0.3 is 0 Å². The number of hydrogen-bond donors (Lipinski definition) is 1. The summed E-state index contributed by atoms with van der Waals surface area (Å²) in [6.45, 7) is 0. The van der Waals surface area contributed by atoms with E-state index in [1.54, 1.807) is 0 Å². The van der Waals surface area contributed by atoms with Gasteiger partial charge in [0.2, 0.25) is 0 Å². The molecule has 4 rings (SSSR count). The fourth-order valence-electron chi connectivity index (χ4n) is 3.49. The van der Waals surface area contributed by atoms with E-state index in [4.69, 9.17) is 46.4 Å². The monoisotopic (exact) mass is 509 g/mol. The molecule has 0 saturated carbocycles. The second-order valence-corrected chi connectivity index (χ2v) is 8.58. The lowest BCUT2D eigenvalue weighted by Gasteiger charge is -2.25. The molecular formula is C23H12Cl4FNO3. The molecule has 1 N–H and O–H groups in total. The van der Waals surface area contributed by atoms with E-state index in [-0.39, 0.29) is 36.9 Å². The first-order valence-electron chi connectivity index (χ1n) is 9.16. The number of carbonyl (C=O) groups is 2. The number of Topliss-reactive ketones (excluding diaryl/α,β-unsaturated/α-hetero) is 1. The molecule has 0 radical (unpaired) electrons. The summed E-state index contributed by atoms with van der Waals surface area (Å²) in [6, 6.07) is 13.0. The highest BCUT2D eigenvalue weighted by molar-refractivity contribution is 6.52. The summed E-state index contributed by atoms with van der Waals surface area (Å²) in [5.74, 6) is -2.75. The summed E-state index contributed by atoms with van der Waals surface area (Å²) in [7, 11) is 0. The topological polar surface area (TPSA) is 57.6 Å². The highest BCUT2D eigenvalue weighted by Gasteiger charge is 2.47. The van der Waals surface area contributed by atoms with Crippen LogP contribution in [0.5, 0.6) is 0 Å². The van der Waals surface area contributed by atoms with Crippen LogP contribution < -0.4 is 4.90 Å². The summed E-state index contributed by atoms with van der Waals surface area (Å²) in [5.41, 5.74) is 0.687. The predicted octanol–water partition coefficient (Wildman–Crippen LogP) is 7.07. The van der Waals surface area contributed by atoms with Crippen LogP contribution >= 0.6 is 46.4 Å². The minimum atomic E-state index is -1.05. The molecule has 3 aromatic carbocycles. The van der Waals surface area contributed by atoms with Crippen LogP contribution in [0.2, 0.25) is 20.1 Å². The lowest BCUT2D eigenvalue weighted by atomic mass is 9.95. The molecule has 32 heavy (non-hydrogen) atoms. The van der Waals surface area contributed by atoms with Crippen molar-refractivity contribution in [2.45, 2.75) is 6.04 Å². The lowest BCUT2D eigenvalue weighted by Crippen LogP contribution is -2.29. The summed E-state index contributed by atoms with van der Waals surface area (Å²) in [6.07, 6.45) is 0. The van der Waals surface area contributed by atoms with Crippen molar-refractivity contribution in [3.8, 4) is 0 Å². The Morgan fingerprint density at radius 3 is 2.00 bits per heavy atom. The van der Waals surface area contributed by atoms with E-state index in [9.17, 15) is 19.1 Å². The quantitative estimate of drug-likeness (QED) is 0.233. The third-order valence-electron chi connectivity index (χ3n) is 5.00. The van der Waals surface area contributed by atoms with Gasteiger partial charge in [-0.2, -0.15) is 0 Å². The summed E-state index contributed by atoms with van der Waals surface area (Å²) >= 11 is 24.1. The molecule has 0 bridgehead atoms. The van der Waals surface area contributed by atoms with E-state index < -0.39 is 29.3 Å². The van der Waals surface area contributed by atoms with Gasteiger partial charge in [0.25, 0.3) is 11.7 Å². The number of hydrogen-bond acceptors (Lipinski definition) is 3. The number of carbonyl (C=O) groups excluding carboxylic acids is 2. The number of amides is 1. The van der Waals surface area contributed by atoms with Crippen LogP contribution in [0.1, 0.15) is 17.2 Å². The molecule has 1 heterocycles. The van der Waals surface area contributed by atoms with Crippen molar-refractivity contribution in [3.63, 3.8) is 0 Å². The second-order valence-electron chi connectivity index (χ2n) is 6.95. The number of ketones is 1. The first-order valence-corrected chi connectivity index (χ1v) is 10.7. The average Bonchev–Trinajstić information content (AvgIpc) is 3.03. The Hall–Kier alpha value is -2.57. The van der Waals surface area contributed by atoms with Gasteiger partial charge in [-0.3, -0.25) is 14.5 Å². The molecule has 1 fully saturated rings.